The second-order valence-corrected chi connectivity index (χ2v) is 16.7. The predicted octanol–water partition coefficient (Wildman–Crippen LogP) is 14.3. The minimum Gasteiger partial charge on any atom is -0.456 e. The molecule has 258 valence electrons. The molecule has 7 aromatic carbocycles. The fraction of sp³-hybridized carbons (Fsp3) is 0.176. The zero-order chi connectivity index (χ0) is 36.3. The van der Waals surface area contributed by atoms with E-state index in [1.165, 1.54) is 60.8 Å². The first kappa shape index (κ1) is 31.8. The van der Waals surface area contributed by atoms with E-state index in [2.05, 4.69) is 192 Å². The Bertz CT molecular complexity index is 2840. The maximum absolute atomic E-state index is 6.34. The Kier molecular flexibility index (Phi) is 6.65. The van der Waals surface area contributed by atoms with E-state index in [-0.39, 0.29) is 16.2 Å². The molecule has 0 radical (unpaired) electrons. The molecule has 0 unspecified atom stereocenters. The fourth-order valence-corrected chi connectivity index (χ4v) is 9.25. The quantitative estimate of drug-likeness (QED) is 0.180. The highest BCUT2D eigenvalue weighted by atomic mass is 16.3. The van der Waals surface area contributed by atoms with Gasteiger partial charge < -0.3 is 8.98 Å². The molecule has 0 saturated heterocycles. The highest BCUT2D eigenvalue weighted by Gasteiger charge is 2.57. The topological polar surface area (TPSA) is 18.1 Å². The molecule has 10 rings (SSSR count). The lowest BCUT2D eigenvalue weighted by atomic mass is 9.59. The van der Waals surface area contributed by atoms with Gasteiger partial charge in [0, 0.05) is 27.2 Å². The Labute approximate surface area is 311 Å². The van der Waals surface area contributed by atoms with Gasteiger partial charge in [-0.1, -0.05) is 133 Å². The Morgan fingerprint density at radius 2 is 0.925 bits per heavy atom. The third-order valence-electron chi connectivity index (χ3n) is 13.5. The van der Waals surface area contributed by atoms with Gasteiger partial charge >= 0.3 is 0 Å². The Morgan fingerprint density at radius 1 is 0.377 bits per heavy atom. The first-order valence-electron chi connectivity index (χ1n) is 18.8. The standard InChI is InChI=1S/C51H43NO/c1-49(2)43-30-42-41-28-34(35-21-23-40-39-19-13-14-20-47(39)53-48(40)29-35)22-24-45(41)52(46(42)31-44(43)50(3,4)51(49,5)6)38-26-36(32-15-9-7-10-16-32)25-37(27-38)33-17-11-8-12-18-33/h7-31H,1-6H3. The summed E-state index contributed by atoms with van der Waals surface area (Å²) < 4.78 is 8.86. The van der Waals surface area contributed by atoms with Crippen molar-refractivity contribution in [1.29, 1.82) is 0 Å². The summed E-state index contributed by atoms with van der Waals surface area (Å²) in [5, 5.41) is 4.85. The summed E-state index contributed by atoms with van der Waals surface area (Å²) in [5.74, 6) is 0. The van der Waals surface area contributed by atoms with E-state index in [1.807, 2.05) is 6.07 Å². The normalized spacial score (nSPS) is 15.8. The first-order chi connectivity index (χ1) is 25.5. The number of para-hydroxylation sites is 1. The molecule has 0 amide bonds. The van der Waals surface area contributed by atoms with E-state index in [0.29, 0.717) is 0 Å². The van der Waals surface area contributed by atoms with E-state index in [9.17, 15) is 0 Å². The predicted molar refractivity (Wildman–Crippen MR) is 224 cm³/mol. The maximum atomic E-state index is 6.34. The molecule has 0 spiro atoms. The summed E-state index contributed by atoms with van der Waals surface area (Å²) in [5.41, 5.74) is 15.6. The van der Waals surface area contributed by atoms with E-state index in [1.54, 1.807) is 0 Å². The number of furan rings is 1. The minimum absolute atomic E-state index is 0.00785. The number of aromatic nitrogens is 1. The van der Waals surface area contributed by atoms with E-state index >= 15 is 0 Å². The summed E-state index contributed by atoms with van der Waals surface area (Å²) in [7, 11) is 0. The maximum Gasteiger partial charge on any atom is 0.136 e. The van der Waals surface area contributed by atoms with Crippen molar-refractivity contribution >= 4 is 43.7 Å². The van der Waals surface area contributed by atoms with Crippen molar-refractivity contribution in [2.24, 2.45) is 5.41 Å². The Balaban J connectivity index is 1.27. The second-order valence-electron chi connectivity index (χ2n) is 16.7. The van der Waals surface area contributed by atoms with Crippen molar-refractivity contribution in [3.05, 3.63) is 163 Å². The van der Waals surface area contributed by atoms with Gasteiger partial charge in [-0.25, -0.2) is 0 Å². The molecule has 2 heterocycles. The smallest absolute Gasteiger partial charge is 0.136 e. The Hall–Kier alpha value is -5.86. The van der Waals surface area contributed by atoms with E-state index < -0.39 is 0 Å². The Morgan fingerprint density at radius 3 is 1.60 bits per heavy atom. The van der Waals surface area contributed by atoms with Gasteiger partial charge in [0.15, 0.2) is 0 Å². The van der Waals surface area contributed by atoms with Crippen LogP contribution in [0.25, 0.3) is 82.8 Å². The van der Waals surface area contributed by atoms with Crippen LogP contribution in [-0.2, 0) is 10.8 Å². The zero-order valence-corrected chi connectivity index (χ0v) is 31.3. The van der Waals surface area contributed by atoms with Crippen LogP contribution >= 0.6 is 0 Å². The molecule has 9 aromatic rings. The lowest BCUT2D eigenvalue weighted by Crippen LogP contribution is -2.42. The van der Waals surface area contributed by atoms with Crippen LogP contribution in [0.4, 0.5) is 0 Å². The minimum atomic E-state index is -0.0183. The van der Waals surface area contributed by atoms with E-state index in [0.717, 1.165) is 33.2 Å². The molecule has 1 aliphatic rings. The molecule has 0 N–H and O–H groups in total. The summed E-state index contributed by atoms with van der Waals surface area (Å²) in [6, 6.07) is 55.7. The molecule has 0 aliphatic heterocycles. The largest absolute Gasteiger partial charge is 0.456 e. The molecule has 0 saturated carbocycles. The van der Waals surface area contributed by atoms with Crippen LogP contribution < -0.4 is 0 Å². The summed E-state index contributed by atoms with van der Waals surface area (Å²) in [6.07, 6.45) is 0. The van der Waals surface area contributed by atoms with Crippen molar-refractivity contribution in [2.45, 2.75) is 52.4 Å². The van der Waals surface area contributed by atoms with Crippen LogP contribution in [-0.4, -0.2) is 4.57 Å². The highest BCUT2D eigenvalue weighted by molar-refractivity contribution is 6.12. The van der Waals surface area contributed by atoms with Crippen molar-refractivity contribution in [3.63, 3.8) is 0 Å². The lowest BCUT2D eigenvalue weighted by Gasteiger charge is -2.44. The van der Waals surface area contributed by atoms with Crippen molar-refractivity contribution in [2.75, 3.05) is 0 Å². The van der Waals surface area contributed by atoms with Crippen LogP contribution in [0.2, 0.25) is 0 Å². The van der Waals surface area contributed by atoms with Gasteiger partial charge in [-0.05, 0) is 121 Å². The average molecular weight is 686 g/mol. The zero-order valence-electron chi connectivity index (χ0n) is 31.3. The molecule has 1 aliphatic carbocycles. The van der Waals surface area contributed by atoms with Gasteiger partial charge in [0.05, 0.1) is 11.0 Å². The van der Waals surface area contributed by atoms with Gasteiger partial charge in [-0.15, -0.1) is 0 Å². The molecule has 0 bridgehead atoms. The van der Waals surface area contributed by atoms with Gasteiger partial charge in [-0.2, -0.15) is 0 Å². The molecule has 2 heteroatoms. The van der Waals surface area contributed by atoms with Crippen molar-refractivity contribution in [1.82, 2.24) is 4.57 Å². The monoisotopic (exact) mass is 685 g/mol. The van der Waals surface area contributed by atoms with Gasteiger partial charge in [-0.3, -0.25) is 0 Å². The summed E-state index contributed by atoms with van der Waals surface area (Å²) >= 11 is 0. The van der Waals surface area contributed by atoms with Crippen LogP contribution in [0.3, 0.4) is 0 Å². The third-order valence-corrected chi connectivity index (χ3v) is 13.5. The van der Waals surface area contributed by atoms with Gasteiger partial charge in [0.1, 0.15) is 11.2 Å². The number of hydrogen-bond acceptors (Lipinski definition) is 1. The van der Waals surface area contributed by atoms with Crippen LogP contribution in [0, 0.1) is 5.41 Å². The first-order valence-corrected chi connectivity index (χ1v) is 18.8. The number of benzene rings is 7. The average Bonchev–Trinajstić information content (AvgIpc) is 3.75. The van der Waals surface area contributed by atoms with Crippen LogP contribution in [0.5, 0.6) is 0 Å². The number of hydrogen-bond donors (Lipinski definition) is 0. The summed E-state index contributed by atoms with van der Waals surface area (Å²) in [6.45, 7) is 14.7. The molecule has 2 aromatic heterocycles. The van der Waals surface area contributed by atoms with Crippen molar-refractivity contribution in [3.8, 4) is 39.1 Å². The fourth-order valence-electron chi connectivity index (χ4n) is 9.25. The molecular formula is C51H43NO. The van der Waals surface area contributed by atoms with Crippen molar-refractivity contribution < 1.29 is 4.42 Å². The molecule has 2 nitrogen and oxygen atoms in total. The van der Waals surface area contributed by atoms with Crippen LogP contribution in [0.15, 0.2) is 156 Å². The summed E-state index contributed by atoms with van der Waals surface area (Å²) in [4.78, 5) is 0. The number of rotatable bonds is 4. The third kappa shape index (κ3) is 4.51. The SMILES string of the molecule is CC1(C)c2cc3c4cc(-c5ccc6c(c5)oc5ccccc56)ccc4n(-c4cc(-c5ccccc5)cc(-c5ccccc5)c4)c3cc2C(C)(C)C1(C)C. The second kappa shape index (κ2) is 11.1. The highest BCUT2D eigenvalue weighted by Crippen LogP contribution is 2.62. The number of nitrogens with zero attached hydrogens (tertiary/aromatic N) is 1. The van der Waals surface area contributed by atoms with Gasteiger partial charge in [0.2, 0.25) is 0 Å². The number of fused-ring (bicyclic) bond motifs is 7. The van der Waals surface area contributed by atoms with Gasteiger partial charge in [0.25, 0.3) is 0 Å². The molecular weight excluding hydrogens is 643 g/mol. The van der Waals surface area contributed by atoms with Crippen LogP contribution in [0.1, 0.15) is 52.7 Å². The molecule has 0 atom stereocenters. The lowest BCUT2D eigenvalue weighted by molar-refractivity contribution is 0.125. The van der Waals surface area contributed by atoms with E-state index in [4.69, 9.17) is 4.42 Å². The molecule has 53 heavy (non-hydrogen) atoms. The molecule has 0 fully saturated rings.